The summed E-state index contributed by atoms with van der Waals surface area (Å²) in [5.41, 5.74) is -0.274. The lowest BCUT2D eigenvalue weighted by Crippen LogP contribution is -2.40. The first-order chi connectivity index (χ1) is 11.2. The van der Waals surface area contributed by atoms with E-state index in [-0.39, 0.29) is 19.5 Å². The van der Waals surface area contributed by atoms with Crippen molar-refractivity contribution in [3.63, 3.8) is 0 Å². The number of nitrogens with zero attached hydrogens (tertiary/aromatic N) is 1. The summed E-state index contributed by atoms with van der Waals surface area (Å²) in [5.74, 6) is -0.930. The highest BCUT2D eigenvalue weighted by Crippen LogP contribution is 2.34. The number of halogens is 3. The number of aliphatic hydroxyl groups is 1. The van der Waals surface area contributed by atoms with Gasteiger partial charge in [0.25, 0.3) is 0 Å². The lowest BCUT2D eigenvalue weighted by molar-refractivity contribution is -0.137. The second-order valence-corrected chi connectivity index (χ2v) is 5.49. The van der Waals surface area contributed by atoms with E-state index in [1.54, 1.807) is 0 Å². The molecule has 0 aliphatic carbocycles. The molecule has 24 heavy (non-hydrogen) atoms. The van der Waals surface area contributed by atoms with Crippen molar-refractivity contribution in [3.05, 3.63) is 48.0 Å². The summed E-state index contributed by atoms with van der Waals surface area (Å²) in [7, 11) is 0. The molecule has 0 unspecified atom stereocenters. The maximum Gasteiger partial charge on any atom is 0.416 e. The summed E-state index contributed by atoms with van der Waals surface area (Å²) in [6, 6.07) is 3.96. The number of β-amino-alcohol motifs (C(OH)–C–C–N with tert-alkyl or cyclic N) is 1. The highest BCUT2D eigenvalue weighted by molar-refractivity contribution is 5.90. The van der Waals surface area contributed by atoms with Crippen molar-refractivity contribution in [2.24, 2.45) is 0 Å². The molecular formula is C16H17F3N2O3. The van der Waals surface area contributed by atoms with Gasteiger partial charge >= 0.3 is 6.18 Å². The fourth-order valence-corrected chi connectivity index (χ4v) is 2.64. The summed E-state index contributed by atoms with van der Waals surface area (Å²) in [6.45, 7) is 3.06. The van der Waals surface area contributed by atoms with Crippen LogP contribution in [0.1, 0.15) is 23.6 Å². The molecule has 0 bridgehead atoms. The van der Waals surface area contributed by atoms with E-state index in [2.05, 4.69) is 11.9 Å². The van der Waals surface area contributed by atoms with Gasteiger partial charge < -0.3 is 15.3 Å². The Kier molecular flexibility index (Phi) is 5.28. The molecule has 1 aromatic carbocycles. The van der Waals surface area contributed by atoms with Gasteiger partial charge in [0, 0.05) is 6.54 Å². The maximum atomic E-state index is 12.6. The molecule has 1 aliphatic heterocycles. The van der Waals surface area contributed by atoms with Gasteiger partial charge in [0.15, 0.2) is 0 Å². The standard InChI is InChI=1S/C16H17F3N2O3/c1-2-14(23)20-8-15(24)21-9-12(22)7-13(21)10-3-5-11(6-4-10)16(17,18)19/h2-6,12-13,22H,1,7-9H2,(H,20,23)/t12-,13+/m1/s1. The van der Waals surface area contributed by atoms with Gasteiger partial charge in [-0.1, -0.05) is 18.7 Å². The van der Waals surface area contributed by atoms with Crippen LogP contribution in [0.15, 0.2) is 36.9 Å². The number of likely N-dealkylation sites (tertiary alicyclic amines) is 1. The van der Waals surface area contributed by atoms with Crippen LogP contribution in [-0.2, 0) is 15.8 Å². The smallest absolute Gasteiger partial charge is 0.391 e. The monoisotopic (exact) mass is 342 g/mol. The van der Waals surface area contributed by atoms with E-state index >= 15 is 0 Å². The van der Waals surface area contributed by atoms with E-state index in [4.69, 9.17) is 0 Å². The fraction of sp³-hybridized carbons (Fsp3) is 0.375. The molecule has 0 aromatic heterocycles. The van der Waals surface area contributed by atoms with Crippen LogP contribution in [0, 0.1) is 0 Å². The minimum atomic E-state index is -4.43. The summed E-state index contributed by atoms with van der Waals surface area (Å²) >= 11 is 0. The quantitative estimate of drug-likeness (QED) is 0.818. The Bertz CT molecular complexity index is 628. The molecular weight excluding hydrogens is 325 g/mol. The number of benzene rings is 1. The van der Waals surface area contributed by atoms with Crippen LogP contribution in [0.4, 0.5) is 13.2 Å². The number of carbonyl (C=O) groups excluding carboxylic acids is 2. The number of hydrogen-bond donors (Lipinski definition) is 2. The SMILES string of the molecule is C=CC(=O)NCC(=O)N1C[C@H](O)C[C@H]1c1ccc(C(F)(F)F)cc1. The predicted molar refractivity (Wildman–Crippen MR) is 79.7 cm³/mol. The van der Waals surface area contributed by atoms with Crippen LogP contribution in [0.2, 0.25) is 0 Å². The van der Waals surface area contributed by atoms with Crippen LogP contribution < -0.4 is 5.32 Å². The van der Waals surface area contributed by atoms with Crippen molar-refractivity contribution in [1.82, 2.24) is 10.2 Å². The highest BCUT2D eigenvalue weighted by Gasteiger charge is 2.36. The minimum Gasteiger partial charge on any atom is -0.391 e. The summed E-state index contributed by atoms with van der Waals surface area (Å²) in [5, 5.41) is 12.2. The van der Waals surface area contributed by atoms with Gasteiger partial charge in [-0.3, -0.25) is 9.59 Å². The molecule has 0 saturated carbocycles. The molecule has 0 radical (unpaired) electrons. The number of carbonyl (C=O) groups is 2. The molecule has 1 saturated heterocycles. The Morgan fingerprint density at radius 3 is 2.50 bits per heavy atom. The number of nitrogens with one attached hydrogen (secondary N) is 1. The Morgan fingerprint density at radius 1 is 1.33 bits per heavy atom. The molecule has 8 heteroatoms. The zero-order chi connectivity index (χ0) is 17.9. The van der Waals surface area contributed by atoms with Gasteiger partial charge in [-0.15, -0.1) is 0 Å². The number of alkyl halides is 3. The molecule has 0 spiro atoms. The van der Waals surface area contributed by atoms with Gasteiger partial charge in [-0.2, -0.15) is 13.2 Å². The molecule has 130 valence electrons. The maximum absolute atomic E-state index is 12.6. The average molecular weight is 342 g/mol. The third-order valence-corrected chi connectivity index (χ3v) is 3.82. The lowest BCUT2D eigenvalue weighted by Gasteiger charge is -2.25. The Balaban J connectivity index is 2.13. The van der Waals surface area contributed by atoms with Crippen molar-refractivity contribution >= 4 is 11.8 Å². The number of rotatable bonds is 4. The van der Waals surface area contributed by atoms with Crippen LogP contribution in [0.3, 0.4) is 0 Å². The minimum absolute atomic E-state index is 0.0640. The predicted octanol–water partition coefficient (Wildman–Crippen LogP) is 1.64. The average Bonchev–Trinajstić information content (AvgIpc) is 2.93. The normalized spacial score (nSPS) is 20.8. The van der Waals surface area contributed by atoms with Crippen molar-refractivity contribution in [1.29, 1.82) is 0 Å². The summed E-state index contributed by atoms with van der Waals surface area (Å²) < 4.78 is 37.9. The van der Waals surface area contributed by atoms with Crippen LogP contribution in [0.5, 0.6) is 0 Å². The Labute approximate surface area is 136 Å². The topological polar surface area (TPSA) is 69.6 Å². The van der Waals surface area contributed by atoms with E-state index in [1.807, 2.05) is 0 Å². The van der Waals surface area contributed by atoms with E-state index in [9.17, 15) is 27.9 Å². The van der Waals surface area contributed by atoms with Crippen molar-refractivity contribution in [2.45, 2.75) is 24.7 Å². The van der Waals surface area contributed by atoms with Gasteiger partial charge in [0.2, 0.25) is 11.8 Å². The van der Waals surface area contributed by atoms with Crippen molar-refractivity contribution in [2.75, 3.05) is 13.1 Å². The molecule has 2 atom stereocenters. The molecule has 2 N–H and O–H groups in total. The number of hydrogen-bond acceptors (Lipinski definition) is 3. The van der Waals surface area contributed by atoms with Gasteiger partial charge in [0.05, 0.1) is 24.3 Å². The van der Waals surface area contributed by atoms with Crippen LogP contribution in [-0.4, -0.2) is 41.0 Å². The van der Waals surface area contributed by atoms with Gasteiger partial charge in [0.1, 0.15) is 0 Å². The van der Waals surface area contributed by atoms with E-state index in [0.29, 0.717) is 5.56 Å². The van der Waals surface area contributed by atoms with Gasteiger partial charge in [-0.25, -0.2) is 0 Å². The van der Waals surface area contributed by atoms with Gasteiger partial charge in [-0.05, 0) is 30.2 Å². The molecule has 1 aliphatic rings. The third-order valence-electron chi connectivity index (χ3n) is 3.82. The molecule has 1 aromatic rings. The highest BCUT2D eigenvalue weighted by atomic mass is 19.4. The molecule has 1 fully saturated rings. The number of amides is 2. The second-order valence-electron chi connectivity index (χ2n) is 5.49. The molecule has 5 nitrogen and oxygen atoms in total. The van der Waals surface area contributed by atoms with Crippen LogP contribution in [0.25, 0.3) is 0 Å². The molecule has 2 amide bonds. The van der Waals surface area contributed by atoms with E-state index in [0.717, 1.165) is 18.2 Å². The zero-order valence-corrected chi connectivity index (χ0v) is 12.7. The van der Waals surface area contributed by atoms with Crippen molar-refractivity contribution in [3.8, 4) is 0 Å². The molecule has 2 rings (SSSR count). The first-order valence-corrected chi connectivity index (χ1v) is 7.27. The third kappa shape index (κ3) is 4.14. The largest absolute Gasteiger partial charge is 0.416 e. The van der Waals surface area contributed by atoms with E-state index in [1.165, 1.54) is 17.0 Å². The summed E-state index contributed by atoms with van der Waals surface area (Å²) in [4.78, 5) is 24.7. The molecule has 1 heterocycles. The van der Waals surface area contributed by atoms with Crippen LogP contribution >= 0.6 is 0 Å². The second kappa shape index (κ2) is 7.04. The zero-order valence-electron chi connectivity index (χ0n) is 12.7. The number of aliphatic hydroxyl groups excluding tert-OH is 1. The summed E-state index contributed by atoms with van der Waals surface area (Å²) in [6.07, 6.45) is -3.94. The van der Waals surface area contributed by atoms with E-state index < -0.39 is 35.7 Å². The fourth-order valence-electron chi connectivity index (χ4n) is 2.64. The Morgan fingerprint density at radius 2 is 1.96 bits per heavy atom. The first kappa shape index (κ1) is 18.0. The first-order valence-electron chi connectivity index (χ1n) is 7.27. The lowest BCUT2D eigenvalue weighted by atomic mass is 10.0. The Hall–Kier alpha value is -2.35. The van der Waals surface area contributed by atoms with Crippen molar-refractivity contribution < 1.29 is 27.9 Å².